The van der Waals surface area contributed by atoms with E-state index >= 15 is 0 Å². The van der Waals surface area contributed by atoms with Crippen LogP contribution in [0.4, 0.5) is 5.69 Å². The summed E-state index contributed by atoms with van der Waals surface area (Å²) in [6.07, 6.45) is 3.54. The fraction of sp³-hybridized carbons (Fsp3) is 0.182. The van der Waals surface area contributed by atoms with Crippen molar-refractivity contribution in [3.63, 3.8) is 0 Å². The number of carbonyl (C=O) groups is 1. The second-order valence-electron chi connectivity index (χ2n) is 2.85. The molecule has 0 saturated carbocycles. The molecule has 1 aromatic rings. The molecule has 0 bridgehead atoms. The largest absolute Gasteiger partial charge is 0.288 e. The molecule has 0 N–H and O–H groups in total. The van der Waals surface area contributed by atoms with E-state index in [2.05, 4.69) is 0 Å². The molecule has 0 fully saturated rings. The molecule has 0 unspecified atom stereocenters. The monoisotopic (exact) mass is 209 g/mol. The van der Waals surface area contributed by atoms with Crippen LogP contribution < -0.4 is 4.90 Å². The lowest BCUT2D eigenvalue weighted by atomic mass is 10.3. The van der Waals surface area contributed by atoms with Crippen molar-refractivity contribution in [2.24, 2.45) is 0 Å². The van der Waals surface area contributed by atoms with Gasteiger partial charge in [-0.1, -0.05) is 17.7 Å². The Labute approximate surface area is 88.8 Å². The zero-order valence-corrected chi connectivity index (χ0v) is 8.95. The molecule has 14 heavy (non-hydrogen) atoms. The van der Waals surface area contributed by atoms with Gasteiger partial charge in [-0.3, -0.25) is 9.69 Å². The highest BCUT2D eigenvalue weighted by Gasteiger charge is 2.06. The lowest BCUT2D eigenvalue weighted by Gasteiger charge is -2.15. The third-order valence-electron chi connectivity index (χ3n) is 1.74. The SMILES string of the molecule is C/C=C/N(C(C)=O)c1ccc(Cl)cc1. The Morgan fingerprint density at radius 1 is 1.36 bits per heavy atom. The summed E-state index contributed by atoms with van der Waals surface area (Å²) in [5.41, 5.74) is 0.819. The number of halogens is 1. The summed E-state index contributed by atoms with van der Waals surface area (Å²) in [6, 6.07) is 7.14. The zero-order chi connectivity index (χ0) is 10.6. The van der Waals surface area contributed by atoms with E-state index < -0.39 is 0 Å². The predicted molar refractivity (Wildman–Crippen MR) is 59.4 cm³/mol. The van der Waals surface area contributed by atoms with Crippen molar-refractivity contribution < 1.29 is 4.79 Å². The van der Waals surface area contributed by atoms with Gasteiger partial charge in [-0.15, -0.1) is 0 Å². The Morgan fingerprint density at radius 3 is 2.36 bits per heavy atom. The van der Waals surface area contributed by atoms with Gasteiger partial charge in [0.25, 0.3) is 0 Å². The van der Waals surface area contributed by atoms with Crippen LogP contribution in [0.3, 0.4) is 0 Å². The summed E-state index contributed by atoms with van der Waals surface area (Å²) < 4.78 is 0. The summed E-state index contributed by atoms with van der Waals surface area (Å²) in [7, 11) is 0. The predicted octanol–water partition coefficient (Wildman–Crippen LogP) is 3.23. The number of allylic oxidation sites excluding steroid dienone is 1. The van der Waals surface area contributed by atoms with Gasteiger partial charge in [-0.25, -0.2) is 0 Å². The molecule has 74 valence electrons. The van der Waals surface area contributed by atoms with E-state index in [1.165, 1.54) is 6.92 Å². The van der Waals surface area contributed by atoms with E-state index in [4.69, 9.17) is 11.6 Å². The quantitative estimate of drug-likeness (QED) is 0.733. The molecule has 0 heterocycles. The van der Waals surface area contributed by atoms with Gasteiger partial charge in [0, 0.05) is 23.8 Å². The van der Waals surface area contributed by atoms with E-state index in [1.807, 2.05) is 25.1 Å². The van der Waals surface area contributed by atoms with Crippen LogP contribution in [0.15, 0.2) is 36.5 Å². The van der Waals surface area contributed by atoms with Crippen LogP contribution in [-0.4, -0.2) is 5.91 Å². The van der Waals surface area contributed by atoms with Crippen LogP contribution in [0.5, 0.6) is 0 Å². The molecule has 0 aliphatic heterocycles. The molecule has 0 radical (unpaired) electrons. The highest BCUT2D eigenvalue weighted by molar-refractivity contribution is 6.30. The van der Waals surface area contributed by atoms with Crippen molar-refractivity contribution in [1.82, 2.24) is 0 Å². The number of carbonyl (C=O) groups excluding carboxylic acids is 1. The number of rotatable bonds is 2. The molecule has 1 amide bonds. The molecular formula is C11H12ClNO. The maximum absolute atomic E-state index is 11.3. The van der Waals surface area contributed by atoms with Gasteiger partial charge in [0.2, 0.25) is 5.91 Å². The molecule has 1 aromatic carbocycles. The molecule has 3 heteroatoms. The van der Waals surface area contributed by atoms with Crippen molar-refractivity contribution in [1.29, 1.82) is 0 Å². The van der Waals surface area contributed by atoms with Crippen LogP contribution in [-0.2, 0) is 4.79 Å². The fourth-order valence-corrected chi connectivity index (χ4v) is 1.25. The molecule has 1 rings (SSSR count). The lowest BCUT2D eigenvalue weighted by Crippen LogP contribution is -2.21. The van der Waals surface area contributed by atoms with Crippen LogP contribution in [0.25, 0.3) is 0 Å². The summed E-state index contributed by atoms with van der Waals surface area (Å²) in [5.74, 6) is -0.0228. The number of anilines is 1. The Balaban J connectivity index is 2.99. The molecule has 0 aromatic heterocycles. The van der Waals surface area contributed by atoms with Gasteiger partial charge < -0.3 is 0 Å². The summed E-state index contributed by atoms with van der Waals surface area (Å²) >= 11 is 5.75. The van der Waals surface area contributed by atoms with E-state index in [9.17, 15) is 4.79 Å². The van der Waals surface area contributed by atoms with Crippen molar-refractivity contribution in [2.75, 3.05) is 4.90 Å². The average molecular weight is 210 g/mol. The molecule has 0 atom stereocenters. The van der Waals surface area contributed by atoms with E-state index in [0.717, 1.165) is 5.69 Å². The Bertz CT molecular complexity index is 343. The first-order valence-corrected chi connectivity index (χ1v) is 4.71. The third-order valence-corrected chi connectivity index (χ3v) is 1.99. The lowest BCUT2D eigenvalue weighted by molar-refractivity contribution is -0.116. The highest BCUT2D eigenvalue weighted by atomic mass is 35.5. The minimum atomic E-state index is -0.0228. The van der Waals surface area contributed by atoms with Gasteiger partial charge in [0.05, 0.1) is 0 Å². The molecule has 0 aliphatic rings. The minimum Gasteiger partial charge on any atom is -0.288 e. The van der Waals surface area contributed by atoms with Crippen LogP contribution >= 0.6 is 11.6 Å². The zero-order valence-electron chi connectivity index (χ0n) is 8.20. The Hall–Kier alpha value is -1.28. The van der Waals surface area contributed by atoms with Gasteiger partial charge >= 0.3 is 0 Å². The summed E-state index contributed by atoms with van der Waals surface area (Å²) in [6.45, 7) is 3.39. The Morgan fingerprint density at radius 2 is 1.93 bits per heavy atom. The van der Waals surface area contributed by atoms with Crippen molar-refractivity contribution in [2.45, 2.75) is 13.8 Å². The number of amides is 1. The maximum Gasteiger partial charge on any atom is 0.227 e. The van der Waals surface area contributed by atoms with Crippen LogP contribution in [0, 0.1) is 0 Å². The molecule has 0 aliphatic carbocycles. The third kappa shape index (κ3) is 2.60. The first kappa shape index (κ1) is 10.8. The summed E-state index contributed by atoms with van der Waals surface area (Å²) in [4.78, 5) is 12.8. The number of nitrogens with zero attached hydrogens (tertiary/aromatic N) is 1. The summed E-state index contributed by atoms with van der Waals surface area (Å²) in [5, 5.41) is 0.665. The maximum atomic E-state index is 11.3. The second-order valence-corrected chi connectivity index (χ2v) is 3.28. The first-order chi connectivity index (χ1) is 6.65. The number of hydrogen-bond acceptors (Lipinski definition) is 1. The second kappa shape index (κ2) is 4.82. The standard InChI is InChI=1S/C11H12ClNO/c1-3-8-13(9(2)14)11-6-4-10(12)5-7-11/h3-8H,1-2H3/b8-3+. The van der Waals surface area contributed by atoms with Crippen molar-refractivity contribution in [3.05, 3.63) is 41.6 Å². The van der Waals surface area contributed by atoms with Gasteiger partial charge in [0.1, 0.15) is 0 Å². The minimum absolute atomic E-state index is 0.0228. The molecular weight excluding hydrogens is 198 g/mol. The van der Waals surface area contributed by atoms with E-state index in [1.54, 1.807) is 23.2 Å². The van der Waals surface area contributed by atoms with Crippen LogP contribution in [0.1, 0.15) is 13.8 Å². The van der Waals surface area contributed by atoms with Crippen molar-refractivity contribution >= 4 is 23.2 Å². The van der Waals surface area contributed by atoms with E-state index in [0.29, 0.717) is 5.02 Å². The molecule has 0 saturated heterocycles. The normalized spacial score (nSPS) is 10.5. The van der Waals surface area contributed by atoms with Gasteiger partial charge in [-0.05, 0) is 31.2 Å². The molecule has 2 nitrogen and oxygen atoms in total. The average Bonchev–Trinajstić information content (AvgIpc) is 2.15. The Kier molecular flexibility index (Phi) is 3.72. The van der Waals surface area contributed by atoms with Crippen molar-refractivity contribution in [3.8, 4) is 0 Å². The van der Waals surface area contributed by atoms with Gasteiger partial charge in [-0.2, -0.15) is 0 Å². The first-order valence-electron chi connectivity index (χ1n) is 4.33. The van der Waals surface area contributed by atoms with Crippen LogP contribution in [0.2, 0.25) is 5.02 Å². The smallest absolute Gasteiger partial charge is 0.227 e. The molecule has 0 spiro atoms. The highest BCUT2D eigenvalue weighted by Crippen LogP contribution is 2.18. The van der Waals surface area contributed by atoms with E-state index in [-0.39, 0.29) is 5.91 Å². The van der Waals surface area contributed by atoms with Gasteiger partial charge in [0.15, 0.2) is 0 Å². The number of benzene rings is 1. The topological polar surface area (TPSA) is 20.3 Å². The number of hydrogen-bond donors (Lipinski definition) is 0. The fourth-order valence-electron chi connectivity index (χ4n) is 1.12.